The van der Waals surface area contributed by atoms with E-state index >= 15 is 0 Å². The first-order chi connectivity index (χ1) is 10.2. The van der Waals surface area contributed by atoms with Crippen LogP contribution in [0.2, 0.25) is 0 Å². The lowest BCUT2D eigenvalue weighted by Gasteiger charge is -2.32. The average Bonchev–Trinajstić information content (AvgIpc) is 2.48. The van der Waals surface area contributed by atoms with Crippen LogP contribution in [0.4, 0.5) is 0 Å². The zero-order valence-electron chi connectivity index (χ0n) is 13.4. The Labute approximate surface area is 129 Å². The van der Waals surface area contributed by atoms with Crippen molar-refractivity contribution in [2.24, 2.45) is 0 Å². The van der Waals surface area contributed by atoms with E-state index in [2.05, 4.69) is 48.0 Å². The van der Waals surface area contributed by atoms with Crippen LogP contribution in [-0.2, 0) is 6.54 Å². The first kappa shape index (κ1) is 16.1. The van der Waals surface area contributed by atoms with Crippen LogP contribution >= 0.6 is 0 Å². The van der Waals surface area contributed by atoms with E-state index in [1.165, 1.54) is 37.1 Å². The molecule has 0 bridgehead atoms. The van der Waals surface area contributed by atoms with Crippen molar-refractivity contribution in [1.29, 1.82) is 0 Å². The largest absolute Gasteiger partial charge is 0.494 e. The Morgan fingerprint density at radius 2 is 1.95 bits per heavy atom. The smallest absolute Gasteiger partial charge is 0.119 e. The summed E-state index contributed by atoms with van der Waals surface area (Å²) >= 11 is 0. The van der Waals surface area contributed by atoms with Crippen LogP contribution < -0.4 is 10.1 Å². The minimum atomic E-state index is 0.637. The normalized spacial score (nSPS) is 16.9. The monoisotopic (exact) mass is 288 g/mol. The van der Waals surface area contributed by atoms with Gasteiger partial charge in [-0.25, -0.2) is 0 Å². The fraction of sp³-hybridized carbons (Fsp3) is 0.556. The first-order valence-electron chi connectivity index (χ1n) is 7.99. The second-order valence-electron chi connectivity index (χ2n) is 5.97. The number of nitrogens with zero attached hydrogens (tertiary/aromatic N) is 1. The number of hydrogen-bond donors (Lipinski definition) is 1. The van der Waals surface area contributed by atoms with Gasteiger partial charge >= 0.3 is 0 Å². The van der Waals surface area contributed by atoms with Gasteiger partial charge in [-0.3, -0.25) is 4.90 Å². The lowest BCUT2D eigenvalue weighted by atomic mass is 10.0. The molecule has 0 aromatic heterocycles. The fourth-order valence-electron chi connectivity index (χ4n) is 2.81. The molecule has 0 aliphatic carbocycles. The van der Waals surface area contributed by atoms with Crippen LogP contribution in [0, 0.1) is 0 Å². The molecule has 1 aliphatic rings. The number of rotatable bonds is 7. The summed E-state index contributed by atoms with van der Waals surface area (Å²) in [6.45, 7) is 13.2. The van der Waals surface area contributed by atoms with Crippen molar-refractivity contribution in [3.63, 3.8) is 0 Å². The van der Waals surface area contributed by atoms with Gasteiger partial charge in [-0.1, -0.05) is 24.3 Å². The lowest BCUT2D eigenvalue weighted by Crippen LogP contribution is -2.42. The summed E-state index contributed by atoms with van der Waals surface area (Å²) in [6, 6.07) is 9.03. The minimum Gasteiger partial charge on any atom is -0.494 e. The molecule has 1 fully saturated rings. The quantitative estimate of drug-likeness (QED) is 0.780. The standard InChI is InChI=1S/C18H28N2O/c1-4-21-18-7-5-16(6-8-18)13-19-17-9-11-20(12-10-17)14-15(2)3/h5-8,17,19H,2,4,9-14H2,1,3H3. The van der Waals surface area contributed by atoms with E-state index < -0.39 is 0 Å². The van der Waals surface area contributed by atoms with E-state index in [4.69, 9.17) is 4.74 Å². The van der Waals surface area contributed by atoms with Crippen molar-refractivity contribution in [2.45, 2.75) is 39.3 Å². The van der Waals surface area contributed by atoms with Crippen LogP contribution in [-0.4, -0.2) is 37.2 Å². The van der Waals surface area contributed by atoms with E-state index in [0.717, 1.165) is 25.4 Å². The third-order valence-corrected chi connectivity index (χ3v) is 3.91. The van der Waals surface area contributed by atoms with Crippen molar-refractivity contribution < 1.29 is 4.74 Å². The van der Waals surface area contributed by atoms with Gasteiger partial charge in [0.05, 0.1) is 6.61 Å². The van der Waals surface area contributed by atoms with Crippen LogP contribution in [0.1, 0.15) is 32.3 Å². The van der Waals surface area contributed by atoms with Gasteiger partial charge < -0.3 is 10.1 Å². The number of benzene rings is 1. The molecule has 1 heterocycles. The van der Waals surface area contributed by atoms with Crippen molar-refractivity contribution in [2.75, 3.05) is 26.2 Å². The Kier molecular flexibility index (Phi) is 6.27. The molecule has 0 atom stereocenters. The van der Waals surface area contributed by atoms with Crippen LogP contribution in [0.25, 0.3) is 0 Å². The molecule has 0 amide bonds. The third-order valence-electron chi connectivity index (χ3n) is 3.91. The Morgan fingerprint density at radius 3 is 2.52 bits per heavy atom. The highest BCUT2D eigenvalue weighted by Crippen LogP contribution is 2.14. The van der Waals surface area contributed by atoms with Gasteiger partial charge in [-0.15, -0.1) is 0 Å². The molecule has 3 nitrogen and oxygen atoms in total. The van der Waals surface area contributed by atoms with Crippen molar-refractivity contribution in [3.8, 4) is 5.75 Å². The SMILES string of the molecule is C=C(C)CN1CCC(NCc2ccc(OCC)cc2)CC1. The molecule has 116 valence electrons. The molecule has 1 N–H and O–H groups in total. The van der Waals surface area contributed by atoms with Gasteiger partial charge in [0.1, 0.15) is 5.75 Å². The maximum absolute atomic E-state index is 5.47. The van der Waals surface area contributed by atoms with Gasteiger partial charge in [0.15, 0.2) is 0 Å². The molecule has 0 saturated carbocycles. The van der Waals surface area contributed by atoms with Gasteiger partial charge in [0.25, 0.3) is 0 Å². The highest BCUT2D eigenvalue weighted by Gasteiger charge is 2.18. The number of piperidine rings is 1. The summed E-state index contributed by atoms with van der Waals surface area (Å²) < 4.78 is 5.47. The number of nitrogens with one attached hydrogen (secondary N) is 1. The van der Waals surface area contributed by atoms with Crippen molar-refractivity contribution in [3.05, 3.63) is 42.0 Å². The molecule has 0 radical (unpaired) electrons. The molecule has 1 aromatic carbocycles. The van der Waals surface area contributed by atoms with E-state index in [0.29, 0.717) is 6.04 Å². The van der Waals surface area contributed by atoms with E-state index in [9.17, 15) is 0 Å². The molecule has 0 spiro atoms. The summed E-state index contributed by atoms with van der Waals surface area (Å²) in [5, 5.41) is 3.67. The molecule has 21 heavy (non-hydrogen) atoms. The molecular formula is C18H28N2O. The van der Waals surface area contributed by atoms with E-state index in [-0.39, 0.29) is 0 Å². The Hall–Kier alpha value is -1.32. The lowest BCUT2D eigenvalue weighted by molar-refractivity contribution is 0.211. The average molecular weight is 288 g/mol. The molecule has 2 rings (SSSR count). The predicted octanol–water partition coefficient (Wildman–Crippen LogP) is 3.22. The molecule has 1 aliphatic heterocycles. The van der Waals surface area contributed by atoms with E-state index in [1.807, 2.05) is 6.92 Å². The van der Waals surface area contributed by atoms with Gasteiger partial charge in [0, 0.05) is 19.1 Å². The van der Waals surface area contributed by atoms with Crippen molar-refractivity contribution >= 4 is 0 Å². The zero-order valence-corrected chi connectivity index (χ0v) is 13.4. The third kappa shape index (κ3) is 5.52. The van der Waals surface area contributed by atoms with Gasteiger partial charge in [-0.05, 0) is 57.5 Å². The first-order valence-corrected chi connectivity index (χ1v) is 7.99. The Bertz CT molecular complexity index is 433. The topological polar surface area (TPSA) is 24.5 Å². The second-order valence-corrected chi connectivity index (χ2v) is 5.97. The predicted molar refractivity (Wildman–Crippen MR) is 88.7 cm³/mol. The summed E-state index contributed by atoms with van der Waals surface area (Å²) in [7, 11) is 0. The Morgan fingerprint density at radius 1 is 1.29 bits per heavy atom. The van der Waals surface area contributed by atoms with Gasteiger partial charge in [0.2, 0.25) is 0 Å². The summed E-state index contributed by atoms with van der Waals surface area (Å²) in [5.41, 5.74) is 2.58. The highest BCUT2D eigenvalue weighted by molar-refractivity contribution is 5.27. The number of ether oxygens (including phenoxy) is 1. The number of hydrogen-bond acceptors (Lipinski definition) is 3. The zero-order chi connectivity index (χ0) is 15.1. The highest BCUT2D eigenvalue weighted by atomic mass is 16.5. The van der Waals surface area contributed by atoms with Crippen LogP contribution in [0.3, 0.4) is 0 Å². The molecule has 1 saturated heterocycles. The van der Waals surface area contributed by atoms with E-state index in [1.54, 1.807) is 0 Å². The summed E-state index contributed by atoms with van der Waals surface area (Å²) in [5.74, 6) is 0.953. The maximum atomic E-state index is 5.47. The van der Waals surface area contributed by atoms with Gasteiger partial charge in [-0.2, -0.15) is 0 Å². The molecule has 0 unspecified atom stereocenters. The molecular weight excluding hydrogens is 260 g/mol. The number of likely N-dealkylation sites (tertiary alicyclic amines) is 1. The minimum absolute atomic E-state index is 0.637. The van der Waals surface area contributed by atoms with Crippen molar-refractivity contribution in [1.82, 2.24) is 10.2 Å². The molecule has 3 heteroatoms. The summed E-state index contributed by atoms with van der Waals surface area (Å²) in [6.07, 6.45) is 2.45. The Balaban J connectivity index is 1.70. The van der Waals surface area contributed by atoms with Crippen LogP contribution in [0.5, 0.6) is 5.75 Å². The fourth-order valence-corrected chi connectivity index (χ4v) is 2.81. The second kappa shape index (κ2) is 8.20. The van der Waals surface area contributed by atoms with Crippen LogP contribution in [0.15, 0.2) is 36.4 Å². The summed E-state index contributed by atoms with van der Waals surface area (Å²) in [4.78, 5) is 2.50. The maximum Gasteiger partial charge on any atom is 0.119 e. The molecule has 1 aromatic rings.